The maximum atomic E-state index is 2.87. The van der Waals surface area contributed by atoms with Crippen LogP contribution in [0.1, 0.15) is 79.0 Å². The van der Waals surface area contributed by atoms with E-state index in [2.05, 4.69) is 544 Å². The molecule has 0 radical (unpaired) electrons. The smallest absolute Gasteiger partial charge is 0.252 e. The SMILES string of the molecule is CC(C)(C)c1cc(-c2cc3c4c(c2)N(c2ccc(C(C)(C)C)cc2-c2ccccc2)c2cc(-n5c6ccccc6c6ccccc65)ccc2B4c2cc([Si](c4ccccc4)(c4ccccc4)c4cccc(-c5ccccc5)c4)c([Si](c4ccccc4)(c4ccccc4)c4cccc(-c5ccccc5)c4)cc2N3c2cc(-c3ccccc3)cc(-c3ccccc3)c2)cc(C(C)(C)C)c1. The number of hydrogen-bond acceptors (Lipinski definition) is 2. The Morgan fingerprint density at radius 3 is 1.00 bits per heavy atom. The molecule has 0 unspecified atom stereocenters. The minimum absolute atomic E-state index is 0.195. The summed E-state index contributed by atoms with van der Waals surface area (Å²) < 4.78 is 2.53. The quantitative estimate of drug-likeness (QED) is 0.0665. The minimum atomic E-state index is -3.91. The van der Waals surface area contributed by atoms with Gasteiger partial charge in [-0.15, -0.1) is 0 Å². The van der Waals surface area contributed by atoms with E-state index in [1.54, 1.807) is 0 Å². The first-order valence-electron chi connectivity index (χ1n) is 46.6. The molecule has 20 aromatic rings. The van der Waals surface area contributed by atoms with Gasteiger partial charge in [0.1, 0.15) is 0 Å². The molecule has 132 heavy (non-hydrogen) atoms. The van der Waals surface area contributed by atoms with Crippen LogP contribution in [0.4, 0.5) is 34.1 Å². The lowest BCUT2D eigenvalue weighted by atomic mass is 9.33. The molecule has 3 heterocycles. The van der Waals surface area contributed by atoms with Crippen LogP contribution in [0.2, 0.25) is 0 Å². The molecule has 0 bridgehead atoms. The number of anilines is 6. The molecule has 3 nitrogen and oxygen atoms in total. The summed E-state index contributed by atoms with van der Waals surface area (Å²) >= 11 is 0. The van der Waals surface area contributed by atoms with Gasteiger partial charge in [0.2, 0.25) is 0 Å². The van der Waals surface area contributed by atoms with Gasteiger partial charge in [0.25, 0.3) is 6.71 Å². The Hall–Kier alpha value is -14.9. The van der Waals surface area contributed by atoms with Crippen molar-refractivity contribution in [2.24, 2.45) is 0 Å². The normalized spacial score (nSPS) is 12.7. The molecular weight excluding hydrogens is 1620 g/mol. The maximum Gasteiger partial charge on any atom is 0.252 e. The van der Waals surface area contributed by atoms with Crippen LogP contribution in [-0.2, 0) is 16.2 Å². The van der Waals surface area contributed by atoms with Crippen molar-refractivity contribution in [3.63, 3.8) is 0 Å². The summed E-state index contributed by atoms with van der Waals surface area (Å²) in [6.45, 7) is 20.9. The molecule has 0 spiro atoms. The topological polar surface area (TPSA) is 11.4 Å². The van der Waals surface area contributed by atoms with Crippen molar-refractivity contribution in [1.29, 1.82) is 0 Å². The van der Waals surface area contributed by atoms with Crippen LogP contribution in [0.25, 0.3) is 94.3 Å². The molecular formula is C126H104BN3Si2. The van der Waals surface area contributed by atoms with Gasteiger partial charge in [-0.2, -0.15) is 0 Å². The number of fused-ring (bicyclic) bond motifs is 7. The highest BCUT2D eigenvalue weighted by Gasteiger charge is 2.54. The maximum absolute atomic E-state index is 3.91. The second-order valence-electron chi connectivity index (χ2n) is 39.1. The highest BCUT2D eigenvalue weighted by molar-refractivity contribution is 7.27. The van der Waals surface area contributed by atoms with Crippen molar-refractivity contribution < 1.29 is 0 Å². The first-order valence-corrected chi connectivity index (χ1v) is 50.6. The molecule has 634 valence electrons. The number of hydrogen-bond donors (Lipinski definition) is 0. The lowest BCUT2D eigenvalue weighted by Gasteiger charge is -2.47. The third-order valence-electron chi connectivity index (χ3n) is 28.0. The first kappa shape index (κ1) is 82.7. The summed E-state index contributed by atoms with van der Waals surface area (Å²) in [7, 11) is -7.82. The molecule has 2 aliphatic heterocycles. The van der Waals surface area contributed by atoms with Crippen molar-refractivity contribution in [3.8, 4) is 72.4 Å². The summed E-state index contributed by atoms with van der Waals surface area (Å²) in [5.74, 6) is 0. The van der Waals surface area contributed by atoms with E-state index in [1.807, 2.05) is 0 Å². The van der Waals surface area contributed by atoms with Crippen LogP contribution in [-0.4, -0.2) is 27.4 Å². The first-order chi connectivity index (χ1) is 64.4. The molecule has 0 N–H and O–H groups in total. The van der Waals surface area contributed by atoms with Crippen LogP contribution >= 0.6 is 0 Å². The van der Waals surface area contributed by atoms with Crippen LogP contribution in [0.15, 0.2) is 467 Å². The lowest BCUT2D eigenvalue weighted by molar-refractivity contribution is 0.569. The fourth-order valence-electron chi connectivity index (χ4n) is 21.5. The summed E-state index contributed by atoms with van der Waals surface area (Å²) in [6.07, 6.45) is 0. The molecule has 22 rings (SSSR count). The van der Waals surface area contributed by atoms with Gasteiger partial charge >= 0.3 is 0 Å². The number of aromatic nitrogens is 1. The van der Waals surface area contributed by atoms with Crippen molar-refractivity contribution in [2.45, 2.75) is 78.6 Å². The van der Waals surface area contributed by atoms with Gasteiger partial charge in [0, 0.05) is 50.5 Å². The fraction of sp³-hybridized carbons (Fsp3) is 0.0952. The van der Waals surface area contributed by atoms with Gasteiger partial charge < -0.3 is 14.4 Å². The minimum Gasteiger partial charge on any atom is -0.311 e. The summed E-state index contributed by atoms with van der Waals surface area (Å²) in [5, 5.41) is 12.8. The van der Waals surface area contributed by atoms with E-state index in [1.165, 1.54) is 113 Å². The Balaban J connectivity index is 0.997. The lowest BCUT2D eigenvalue weighted by Crippen LogP contribution is -2.85. The van der Waals surface area contributed by atoms with Gasteiger partial charge in [-0.25, -0.2) is 0 Å². The monoisotopic (exact) mass is 1730 g/mol. The van der Waals surface area contributed by atoms with Gasteiger partial charge in [-0.1, -0.05) is 457 Å². The van der Waals surface area contributed by atoms with Gasteiger partial charge in [-0.3, -0.25) is 0 Å². The molecule has 1 aromatic heterocycles. The van der Waals surface area contributed by atoms with Crippen LogP contribution < -0.4 is 67.7 Å². The van der Waals surface area contributed by atoms with Crippen LogP contribution in [0.5, 0.6) is 0 Å². The predicted molar refractivity (Wildman–Crippen MR) is 571 cm³/mol. The van der Waals surface area contributed by atoms with E-state index in [0.717, 1.165) is 89.8 Å². The third kappa shape index (κ3) is 14.3. The second kappa shape index (κ2) is 33.2. The molecule has 0 saturated carbocycles. The van der Waals surface area contributed by atoms with Crippen molar-refractivity contribution in [2.75, 3.05) is 9.80 Å². The zero-order valence-electron chi connectivity index (χ0n) is 76.4. The number of para-hydroxylation sites is 2. The zero-order chi connectivity index (χ0) is 89.6. The standard InChI is InChI=1S/C126H104BN3Si2/c1-124(2,3)98-69-72-116(111(83-98)91-51-27-14-28-52-91)130-117-84-101(128-114-67-39-37-65-109(114)110-66-38-40-68-115(110)128)70-71-112(117)127-113-85-121(131(103-55-29-15-30-56-103,104-57-31-16-32-58-104)107-63-41-53-92(78-107)87-43-19-10-20-44-87)122(132(105-59-33-17-34-60-105,106-61-35-18-36-62-106)108-64-42-54-93(79-108)88-45-21-11-22-46-88)86-118(113)129(102-76-94(89-47-23-12-24-48-89)73-95(77-102)90-49-25-13-26-50-90)119-80-97(81-120(130)123(119)127)96-74-99(125(4,5)6)82-100(75-96)126(7,8)9/h10-86H,1-9H3. The largest absolute Gasteiger partial charge is 0.311 e. The average Bonchev–Trinajstić information content (AvgIpc) is 0.744. The Labute approximate surface area is 780 Å². The van der Waals surface area contributed by atoms with Gasteiger partial charge in [-0.05, 0) is 225 Å². The molecule has 0 atom stereocenters. The number of rotatable bonds is 17. The molecule has 19 aromatic carbocycles. The van der Waals surface area contributed by atoms with E-state index in [9.17, 15) is 0 Å². The van der Waals surface area contributed by atoms with E-state index in [0.29, 0.717) is 0 Å². The van der Waals surface area contributed by atoms with Gasteiger partial charge in [0.05, 0.1) is 16.7 Å². The second-order valence-corrected chi connectivity index (χ2v) is 46.6. The molecule has 0 aliphatic carbocycles. The summed E-state index contributed by atoms with van der Waals surface area (Å²) in [6, 6.07) is 182. The molecule has 6 heteroatoms. The molecule has 0 fully saturated rings. The van der Waals surface area contributed by atoms with Crippen molar-refractivity contribution in [1.82, 2.24) is 4.57 Å². The van der Waals surface area contributed by atoms with E-state index < -0.39 is 22.9 Å². The number of nitrogens with zero attached hydrogens (tertiary/aromatic N) is 3. The summed E-state index contributed by atoms with van der Waals surface area (Å²) in [5.41, 5.74) is 30.6. The highest BCUT2D eigenvalue weighted by Crippen LogP contribution is 2.52. The number of benzene rings is 19. The summed E-state index contributed by atoms with van der Waals surface area (Å²) in [4.78, 5) is 5.52. The Kier molecular flexibility index (Phi) is 20.8. The van der Waals surface area contributed by atoms with Crippen LogP contribution in [0.3, 0.4) is 0 Å². The average molecular weight is 1730 g/mol. The predicted octanol–water partition coefficient (Wildman–Crippen LogP) is 25.5. The highest BCUT2D eigenvalue weighted by atomic mass is 28.3. The third-order valence-corrected chi connectivity index (χ3v) is 37.9. The fourth-order valence-corrected chi connectivity index (χ4v) is 32.4. The Morgan fingerprint density at radius 2 is 0.561 bits per heavy atom. The van der Waals surface area contributed by atoms with Crippen LogP contribution in [0, 0.1) is 0 Å². The van der Waals surface area contributed by atoms with E-state index >= 15 is 0 Å². The van der Waals surface area contributed by atoms with Crippen molar-refractivity contribution in [3.05, 3.63) is 484 Å². The van der Waals surface area contributed by atoms with E-state index in [4.69, 9.17) is 0 Å². The van der Waals surface area contributed by atoms with E-state index in [-0.39, 0.29) is 16.2 Å². The molecule has 2 aliphatic rings. The zero-order valence-corrected chi connectivity index (χ0v) is 78.4. The molecule has 0 amide bonds. The van der Waals surface area contributed by atoms with Crippen molar-refractivity contribution >= 4 is 137 Å². The molecule has 0 saturated heterocycles. The Bertz CT molecular complexity index is 7510. The van der Waals surface area contributed by atoms with Gasteiger partial charge in [0.15, 0.2) is 16.1 Å². The Morgan fingerprint density at radius 1 is 0.205 bits per heavy atom.